The van der Waals surface area contributed by atoms with Gasteiger partial charge in [0.15, 0.2) is 0 Å². The van der Waals surface area contributed by atoms with E-state index in [0.717, 1.165) is 9.73 Å². The maximum Gasteiger partial charge on any atom is 0.123 e. The van der Waals surface area contributed by atoms with Crippen molar-refractivity contribution in [3.05, 3.63) is 60.4 Å². The molecule has 0 amide bonds. The molecule has 0 saturated heterocycles. The quantitative estimate of drug-likeness (QED) is 0.599. The summed E-state index contributed by atoms with van der Waals surface area (Å²) in [6.07, 6.45) is 0. The summed E-state index contributed by atoms with van der Waals surface area (Å²) in [7, 11) is 0. The fourth-order valence-electron chi connectivity index (χ4n) is 1.48. The number of rotatable bonds is 3. The molecule has 0 fully saturated rings. The number of hydrazine groups is 1. The molecular weight excluding hydrogens is 262 g/mol. The van der Waals surface area contributed by atoms with Gasteiger partial charge < -0.3 is 0 Å². The second-order valence-electron chi connectivity index (χ2n) is 3.34. The van der Waals surface area contributed by atoms with Crippen LogP contribution in [0.25, 0.3) is 0 Å². The van der Waals surface area contributed by atoms with Crippen molar-refractivity contribution in [2.75, 3.05) is 5.01 Å². The molecule has 88 valence electrons. The number of anilines is 2. The van der Waals surface area contributed by atoms with Gasteiger partial charge in [-0.2, -0.15) is 0 Å². The molecule has 0 N–H and O–H groups in total. The van der Waals surface area contributed by atoms with E-state index in [0.29, 0.717) is 5.69 Å². The summed E-state index contributed by atoms with van der Waals surface area (Å²) in [5.74, 6) is -0.308. The van der Waals surface area contributed by atoms with Crippen LogP contribution in [0.2, 0.25) is 0 Å². The van der Waals surface area contributed by atoms with Crippen molar-refractivity contribution in [3.63, 3.8) is 0 Å². The molecule has 0 aliphatic carbocycles. The topological polar surface area (TPSA) is 6.48 Å². The van der Waals surface area contributed by atoms with E-state index in [1.165, 1.54) is 12.1 Å². The van der Waals surface area contributed by atoms with E-state index in [4.69, 9.17) is 23.6 Å². The van der Waals surface area contributed by atoms with Crippen molar-refractivity contribution >= 4 is 34.9 Å². The van der Waals surface area contributed by atoms with E-state index >= 15 is 0 Å². The molecule has 0 aliphatic heterocycles. The highest BCUT2D eigenvalue weighted by molar-refractivity contribution is 6.34. The van der Waals surface area contributed by atoms with Crippen LogP contribution in [0.5, 0.6) is 0 Å². The highest BCUT2D eigenvalue weighted by Gasteiger charge is 2.14. The van der Waals surface area contributed by atoms with Crippen molar-refractivity contribution in [1.82, 2.24) is 4.05 Å². The van der Waals surface area contributed by atoms with Crippen LogP contribution in [0.3, 0.4) is 0 Å². The SMILES string of the molecule is Fc1ccc(N(c2ccccc2)N(Cl)Cl)cc1. The Balaban J connectivity index is 2.39. The lowest BCUT2D eigenvalue weighted by atomic mass is 10.2. The molecule has 0 aromatic heterocycles. The molecule has 0 atom stereocenters. The molecule has 2 aromatic carbocycles. The summed E-state index contributed by atoms with van der Waals surface area (Å²) in [6, 6.07) is 15.2. The zero-order valence-corrected chi connectivity index (χ0v) is 10.2. The first kappa shape index (κ1) is 12.2. The lowest BCUT2D eigenvalue weighted by Gasteiger charge is -2.26. The van der Waals surface area contributed by atoms with Gasteiger partial charge in [-0.1, -0.05) is 18.2 Å². The van der Waals surface area contributed by atoms with Crippen LogP contribution in [-0.4, -0.2) is 4.05 Å². The van der Waals surface area contributed by atoms with Gasteiger partial charge in [0.05, 0.1) is 11.4 Å². The maximum atomic E-state index is 12.9. The minimum absolute atomic E-state index is 0.308. The summed E-state index contributed by atoms with van der Waals surface area (Å²) in [4.78, 5) is 0. The summed E-state index contributed by atoms with van der Waals surface area (Å²) in [5.41, 5.74) is 1.45. The Morgan fingerprint density at radius 1 is 0.765 bits per heavy atom. The molecule has 0 aliphatic rings. The van der Waals surface area contributed by atoms with Crippen molar-refractivity contribution in [2.45, 2.75) is 0 Å². The smallest absolute Gasteiger partial charge is 0.123 e. The first-order chi connectivity index (χ1) is 8.18. The highest BCUT2D eigenvalue weighted by atomic mass is 35.5. The number of hydrogen-bond donors (Lipinski definition) is 0. The van der Waals surface area contributed by atoms with Crippen LogP contribution in [0.4, 0.5) is 15.8 Å². The van der Waals surface area contributed by atoms with Gasteiger partial charge in [-0.05, 0) is 40.4 Å². The van der Waals surface area contributed by atoms with Crippen molar-refractivity contribution in [1.29, 1.82) is 0 Å². The Hall–Kier alpha value is -1.29. The lowest BCUT2D eigenvalue weighted by molar-refractivity contribution is 0.626. The summed E-state index contributed by atoms with van der Waals surface area (Å²) >= 11 is 11.6. The fourth-order valence-corrected chi connectivity index (χ4v) is 1.82. The van der Waals surface area contributed by atoms with Gasteiger partial charge in [-0.25, -0.2) is 9.40 Å². The minimum Gasteiger partial charge on any atom is -0.246 e. The molecular formula is C12H9Cl2FN2. The molecule has 0 saturated carbocycles. The monoisotopic (exact) mass is 270 g/mol. The third kappa shape index (κ3) is 2.88. The molecule has 0 radical (unpaired) electrons. The van der Waals surface area contributed by atoms with Crippen molar-refractivity contribution in [2.24, 2.45) is 0 Å². The molecule has 2 aromatic rings. The zero-order chi connectivity index (χ0) is 12.3. The average Bonchev–Trinajstić information content (AvgIpc) is 2.33. The first-order valence-electron chi connectivity index (χ1n) is 4.91. The van der Waals surface area contributed by atoms with Gasteiger partial charge >= 0.3 is 0 Å². The summed E-state index contributed by atoms with van der Waals surface area (Å²) < 4.78 is 13.8. The second-order valence-corrected chi connectivity index (χ2v) is 4.15. The minimum atomic E-state index is -0.308. The van der Waals surface area contributed by atoms with E-state index in [9.17, 15) is 4.39 Å². The Morgan fingerprint density at radius 3 is 1.82 bits per heavy atom. The summed E-state index contributed by atoms with van der Waals surface area (Å²) in [6.45, 7) is 0. The van der Waals surface area contributed by atoms with Gasteiger partial charge in [0.1, 0.15) is 5.82 Å². The number of benzene rings is 2. The first-order valence-corrected chi connectivity index (χ1v) is 5.58. The van der Waals surface area contributed by atoms with E-state index < -0.39 is 0 Å². The van der Waals surface area contributed by atoms with Crippen molar-refractivity contribution < 1.29 is 4.39 Å². The molecule has 2 rings (SSSR count). The molecule has 0 bridgehead atoms. The van der Waals surface area contributed by atoms with Crippen molar-refractivity contribution in [3.8, 4) is 0 Å². The van der Waals surface area contributed by atoms with E-state index in [1.807, 2.05) is 30.3 Å². The Morgan fingerprint density at radius 2 is 1.29 bits per heavy atom. The van der Waals surface area contributed by atoms with E-state index in [-0.39, 0.29) is 5.82 Å². The number of hydrogen-bond acceptors (Lipinski definition) is 2. The number of para-hydroxylation sites is 1. The van der Waals surface area contributed by atoms with E-state index in [2.05, 4.69) is 0 Å². The normalized spacial score (nSPS) is 10.6. The zero-order valence-electron chi connectivity index (χ0n) is 8.72. The lowest BCUT2D eigenvalue weighted by Crippen LogP contribution is -2.24. The Kier molecular flexibility index (Phi) is 3.84. The molecule has 0 unspecified atom stereocenters. The largest absolute Gasteiger partial charge is 0.246 e. The predicted octanol–water partition coefficient (Wildman–Crippen LogP) is 4.49. The van der Waals surface area contributed by atoms with Crippen LogP contribution < -0.4 is 5.01 Å². The standard InChI is InChI=1S/C12H9Cl2FN2/c13-17(14)16(11-4-2-1-3-5-11)12-8-6-10(15)7-9-12/h1-9H. The van der Waals surface area contributed by atoms with E-state index in [1.54, 1.807) is 17.1 Å². The third-order valence-corrected chi connectivity index (χ3v) is 2.53. The van der Waals surface area contributed by atoms with Gasteiger partial charge in [-0.15, -0.1) is 0 Å². The van der Waals surface area contributed by atoms with Crippen LogP contribution in [-0.2, 0) is 0 Å². The fraction of sp³-hybridized carbons (Fsp3) is 0. The number of nitrogens with zero attached hydrogens (tertiary/aromatic N) is 2. The van der Waals surface area contributed by atoms with Crippen LogP contribution in [0, 0.1) is 5.82 Å². The Labute approximate surface area is 109 Å². The molecule has 17 heavy (non-hydrogen) atoms. The number of halogens is 3. The average molecular weight is 271 g/mol. The summed E-state index contributed by atoms with van der Waals surface area (Å²) in [5, 5.41) is 1.54. The van der Waals surface area contributed by atoms with Crippen LogP contribution in [0.1, 0.15) is 0 Å². The predicted molar refractivity (Wildman–Crippen MR) is 68.5 cm³/mol. The molecule has 2 nitrogen and oxygen atoms in total. The van der Waals surface area contributed by atoms with Gasteiger partial charge in [-0.3, -0.25) is 0 Å². The molecule has 0 spiro atoms. The molecule has 5 heteroatoms. The van der Waals surface area contributed by atoms with Gasteiger partial charge in [0.2, 0.25) is 0 Å². The van der Waals surface area contributed by atoms with Crippen LogP contribution in [0.15, 0.2) is 54.6 Å². The van der Waals surface area contributed by atoms with Gasteiger partial charge in [0, 0.05) is 23.6 Å². The Bertz CT molecular complexity index is 474. The molecule has 0 heterocycles. The highest BCUT2D eigenvalue weighted by Crippen LogP contribution is 2.29. The third-order valence-electron chi connectivity index (χ3n) is 2.22. The van der Waals surface area contributed by atoms with Gasteiger partial charge in [0.25, 0.3) is 0 Å². The maximum absolute atomic E-state index is 12.9. The second kappa shape index (κ2) is 5.36. The van der Waals surface area contributed by atoms with Crippen LogP contribution >= 0.6 is 23.6 Å².